The first-order valence-electron chi connectivity index (χ1n) is 7.31. The average molecular weight is 553 g/mol. The van der Waals surface area contributed by atoms with Crippen molar-refractivity contribution in [1.82, 2.24) is 0 Å². The van der Waals surface area contributed by atoms with E-state index in [0.717, 1.165) is 5.75 Å². The van der Waals surface area contributed by atoms with Gasteiger partial charge in [0.05, 0.1) is 9.80 Å². The van der Waals surface area contributed by atoms with Crippen LogP contribution in [0.2, 0.25) is 0 Å². The van der Waals surface area contributed by atoms with E-state index in [1.165, 1.54) is 24.5 Å². The third-order valence-electron chi connectivity index (χ3n) is 3.45. The number of allylic oxidation sites excluding steroid dienone is 2. The Bertz CT molecular complexity index is 766. The van der Waals surface area contributed by atoms with Crippen LogP contribution < -0.4 is 4.74 Å². The van der Waals surface area contributed by atoms with Crippen LogP contribution in [0.3, 0.4) is 0 Å². The molecule has 26 heavy (non-hydrogen) atoms. The molecule has 0 N–H and O–H groups in total. The quantitative estimate of drug-likeness (QED) is 0.301. The Labute approximate surface area is 180 Å². The van der Waals surface area contributed by atoms with E-state index in [0.29, 0.717) is 6.61 Å². The van der Waals surface area contributed by atoms with Crippen LogP contribution in [0.5, 0.6) is 5.75 Å². The number of hydrogen-bond acceptors (Lipinski definition) is 2. The summed E-state index contributed by atoms with van der Waals surface area (Å²) < 4.78 is 5.45. The maximum absolute atomic E-state index is 5.45. The molecule has 1 atom stereocenters. The van der Waals surface area contributed by atoms with E-state index in [-0.39, 0.29) is 46.8 Å². The average Bonchev–Trinajstić information content (AvgIpc) is 2.61. The van der Waals surface area contributed by atoms with Gasteiger partial charge < -0.3 is 19.1 Å². The van der Waals surface area contributed by atoms with Gasteiger partial charge >= 0.3 is 21.1 Å². The van der Waals surface area contributed by atoms with Crippen molar-refractivity contribution in [3.63, 3.8) is 0 Å². The molecule has 0 spiro atoms. The number of thioether (sulfide) groups is 1. The van der Waals surface area contributed by atoms with Gasteiger partial charge in [-0.15, -0.1) is 0 Å². The zero-order valence-corrected chi connectivity index (χ0v) is 18.8. The third-order valence-corrected chi connectivity index (χ3v) is 7.26. The maximum Gasteiger partial charge on any atom is 2.00 e. The van der Waals surface area contributed by atoms with Gasteiger partial charge in [-0.2, -0.15) is 0 Å². The summed E-state index contributed by atoms with van der Waals surface area (Å²) in [5.74, 6) is 0.847. The molecule has 2 aromatic rings. The molecule has 0 saturated heterocycles. The zero-order valence-electron chi connectivity index (χ0n) is 14.2. The van der Waals surface area contributed by atoms with E-state index in [4.69, 9.17) is 4.74 Å². The first kappa shape index (κ1) is 24.8. The second-order valence-corrected chi connectivity index (χ2v) is 7.86. The summed E-state index contributed by atoms with van der Waals surface area (Å²) in [7, 11) is -0.165. The fraction of sp³-hybridized carbons (Fsp3) is 0.0909. The zero-order chi connectivity index (χ0) is 16.2. The first-order valence-corrected chi connectivity index (χ1v) is 9.35. The van der Waals surface area contributed by atoms with Gasteiger partial charge in [0.15, 0.2) is 14.7 Å². The van der Waals surface area contributed by atoms with Crippen molar-refractivity contribution in [2.24, 2.45) is 0 Å². The summed E-state index contributed by atoms with van der Waals surface area (Å²) in [5.41, 5.74) is 0. The number of rotatable bonds is 5. The van der Waals surface area contributed by atoms with Crippen molar-refractivity contribution in [3.8, 4) is 5.75 Å². The fourth-order valence-corrected chi connectivity index (χ4v) is 6.12. The molecular weight excluding hydrogens is 528 g/mol. The molecule has 0 fully saturated rings. The van der Waals surface area contributed by atoms with Gasteiger partial charge in [-0.25, -0.2) is 0 Å². The summed E-state index contributed by atoms with van der Waals surface area (Å²) >= 11 is 1.76. The molecule has 0 amide bonds. The largest absolute Gasteiger partial charge is 2.00 e. The van der Waals surface area contributed by atoms with Crippen LogP contribution in [-0.4, -0.2) is 6.61 Å². The minimum atomic E-state index is -0.165. The summed E-state index contributed by atoms with van der Waals surface area (Å²) in [6.45, 7) is 12.2. The molecule has 136 valence electrons. The summed E-state index contributed by atoms with van der Waals surface area (Å²) in [4.78, 5) is 6.29. The van der Waals surface area contributed by atoms with E-state index in [1.54, 1.807) is 11.8 Å². The van der Waals surface area contributed by atoms with Gasteiger partial charge in [0.1, 0.15) is 16.6 Å². The van der Waals surface area contributed by atoms with E-state index in [1.807, 2.05) is 24.3 Å². The van der Waals surface area contributed by atoms with Crippen LogP contribution in [0.15, 0.2) is 98.3 Å². The van der Waals surface area contributed by atoms with Crippen LogP contribution in [0.1, 0.15) is 7.43 Å². The number of benzene rings is 2. The van der Waals surface area contributed by atoms with Gasteiger partial charge in [-0.05, 0) is 49.1 Å². The SMILES string of the molecule is C.C=CC1=C(C=C)[S+](c2ccc(OC[CH2-])cc2)c2ccccc2S1.[CH3-].[W+2]. The predicted octanol–water partition coefficient (Wildman–Crippen LogP) is 6.71. The Morgan fingerprint density at radius 1 is 1.04 bits per heavy atom. The molecule has 0 aromatic heterocycles. The van der Waals surface area contributed by atoms with E-state index >= 15 is 0 Å². The van der Waals surface area contributed by atoms with Crippen LogP contribution in [-0.2, 0) is 32.0 Å². The van der Waals surface area contributed by atoms with Gasteiger partial charge in [-0.1, -0.05) is 50.6 Å². The van der Waals surface area contributed by atoms with Crippen LogP contribution in [0.4, 0.5) is 0 Å². The Balaban J connectivity index is 0.00000208. The summed E-state index contributed by atoms with van der Waals surface area (Å²) in [5, 5.41) is 0. The predicted molar refractivity (Wildman–Crippen MR) is 114 cm³/mol. The molecule has 0 saturated carbocycles. The Hall–Kier alpha value is -1.15. The fourth-order valence-electron chi connectivity index (χ4n) is 2.46. The van der Waals surface area contributed by atoms with Crippen molar-refractivity contribution in [2.75, 3.05) is 6.61 Å². The molecule has 3 rings (SSSR count). The monoisotopic (exact) mass is 553 g/mol. The minimum absolute atomic E-state index is 0. The summed E-state index contributed by atoms with van der Waals surface area (Å²) in [6.07, 6.45) is 3.89. The third kappa shape index (κ3) is 4.97. The summed E-state index contributed by atoms with van der Waals surface area (Å²) in [6, 6.07) is 16.8. The molecule has 4 heteroatoms. The number of hydrogen-bond donors (Lipinski definition) is 0. The van der Waals surface area contributed by atoms with Crippen molar-refractivity contribution in [2.45, 2.75) is 22.1 Å². The van der Waals surface area contributed by atoms with E-state index in [2.05, 4.69) is 56.5 Å². The molecular formula is C22H25OS2W+. The molecule has 1 aliphatic heterocycles. The second-order valence-electron chi connectivity index (χ2n) is 4.81. The molecule has 1 unspecified atom stereocenters. The minimum Gasteiger partial charge on any atom is -0.525 e. The van der Waals surface area contributed by atoms with Crippen molar-refractivity contribution < 1.29 is 25.8 Å². The second kappa shape index (κ2) is 11.5. The molecule has 1 aliphatic rings. The van der Waals surface area contributed by atoms with Crippen molar-refractivity contribution in [1.29, 1.82) is 0 Å². The normalized spacial score (nSPS) is 14.7. The molecule has 0 radical (unpaired) electrons. The van der Waals surface area contributed by atoms with Gasteiger partial charge in [0.25, 0.3) is 0 Å². The van der Waals surface area contributed by atoms with Gasteiger partial charge in [-0.3, -0.25) is 0 Å². The number of ether oxygens (including phenoxy) is 1. The van der Waals surface area contributed by atoms with Crippen molar-refractivity contribution in [3.05, 3.63) is 98.0 Å². The van der Waals surface area contributed by atoms with E-state index < -0.39 is 0 Å². The van der Waals surface area contributed by atoms with Crippen LogP contribution in [0, 0.1) is 14.4 Å². The van der Waals surface area contributed by atoms with E-state index in [9.17, 15) is 0 Å². The molecule has 0 aliphatic carbocycles. The molecule has 0 bridgehead atoms. The Morgan fingerprint density at radius 2 is 1.69 bits per heavy atom. The topological polar surface area (TPSA) is 9.23 Å². The molecule has 1 heterocycles. The van der Waals surface area contributed by atoms with Crippen LogP contribution in [0.25, 0.3) is 0 Å². The molecule has 1 nitrogen and oxygen atoms in total. The first-order chi connectivity index (χ1) is 11.3. The Morgan fingerprint density at radius 3 is 2.27 bits per heavy atom. The Kier molecular flexibility index (Phi) is 11.0. The molecule has 2 aromatic carbocycles. The standard InChI is InChI=1S/C20H18OS2.CH4.CH3.W/c1-4-17-19(5-2)23(20-10-8-7-9-18(20)22-17)16-13-11-15(12-14-16)21-6-3;;;/h4-5,7-14H,1-3,6H2;1H4;1H3;/q;;-1;+2. The maximum atomic E-state index is 5.45. The smallest absolute Gasteiger partial charge is 0.525 e. The van der Waals surface area contributed by atoms with Crippen molar-refractivity contribution >= 4 is 22.7 Å². The van der Waals surface area contributed by atoms with Crippen LogP contribution >= 0.6 is 11.8 Å². The van der Waals surface area contributed by atoms with Gasteiger partial charge in [0, 0.05) is 0 Å². The number of fused-ring (bicyclic) bond motifs is 1. The van der Waals surface area contributed by atoms with Gasteiger partial charge in [0.2, 0.25) is 0 Å².